The lowest BCUT2D eigenvalue weighted by Crippen LogP contribution is -2.23. The van der Waals surface area contributed by atoms with Gasteiger partial charge in [-0.25, -0.2) is 0 Å². The number of nitrogens with one attached hydrogen (secondary N) is 1. The first-order valence-corrected chi connectivity index (χ1v) is 8.17. The molecule has 0 aliphatic heterocycles. The van der Waals surface area contributed by atoms with E-state index in [-0.39, 0.29) is 0 Å². The normalized spacial score (nSPS) is 24.4. The number of benzene rings is 1. The first kappa shape index (κ1) is 15.7. The Morgan fingerprint density at radius 1 is 1.30 bits per heavy atom. The van der Waals surface area contributed by atoms with E-state index in [1.54, 1.807) is 0 Å². The maximum absolute atomic E-state index is 6.37. The minimum Gasteiger partial charge on any atom is -0.489 e. The molecule has 0 aromatic heterocycles. The molecule has 2 nitrogen and oxygen atoms in total. The largest absolute Gasteiger partial charge is 0.489 e. The Labute approximate surface area is 127 Å². The van der Waals surface area contributed by atoms with Gasteiger partial charge in [-0.3, -0.25) is 0 Å². The summed E-state index contributed by atoms with van der Waals surface area (Å²) in [5.41, 5.74) is 1.21. The summed E-state index contributed by atoms with van der Waals surface area (Å²) in [6, 6.07) is 6.47. The van der Waals surface area contributed by atoms with E-state index in [0.717, 1.165) is 36.1 Å². The summed E-state index contributed by atoms with van der Waals surface area (Å²) in [6.07, 6.45) is 5.15. The Hall–Kier alpha value is -0.730. The molecule has 1 unspecified atom stereocenters. The summed E-state index contributed by atoms with van der Waals surface area (Å²) in [5.74, 6) is 1.67. The highest BCUT2D eigenvalue weighted by atomic mass is 35.5. The first-order valence-electron chi connectivity index (χ1n) is 7.79. The Kier molecular flexibility index (Phi) is 5.74. The topological polar surface area (TPSA) is 21.3 Å². The lowest BCUT2D eigenvalue weighted by Gasteiger charge is -2.27. The average Bonchev–Trinajstić information content (AvgIpc) is 2.43. The number of hydrogen-bond acceptors (Lipinski definition) is 2. The molecule has 0 bridgehead atoms. The quantitative estimate of drug-likeness (QED) is 0.828. The molecule has 1 aliphatic carbocycles. The maximum atomic E-state index is 6.37. The van der Waals surface area contributed by atoms with Crippen LogP contribution in [0.2, 0.25) is 5.02 Å². The molecular weight excluding hydrogens is 270 g/mol. The van der Waals surface area contributed by atoms with Crippen LogP contribution >= 0.6 is 11.6 Å². The van der Waals surface area contributed by atoms with Gasteiger partial charge in [-0.15, -0.1) is 0 Å². The molecule has 1 saturated carbocycles. The molecule has 1 aliphatic rings. The molecule has 1 aromatic carbocycles. The van der Waals surface area contributed by atoms with Crippen LogP contribution in [0.15, 0.2) is 18.2 Å². The lowest BCUT2D eigenvalue weighted by atomic mass is 9.89. The minimum atomic E-state index is 0.321. The van der Waals surface area contributed by atoms with E-state index in [1.807, 2.05) is 12.1 Å². The molecule has 1 atom stereocenters. The summed E-state index contributed by atoms with van der Waals surface area (Å²) in [5, 5.41) is 4.12. The highest BCUT2D eigenvalue weighted by Gasteiger charge is 2.20. The fourth-order valence-corrected chi connectivity index (χ4v) is 3.07. The molecule has 2 rings (SSSR count). The van der Waals surface area contributed by atoms with Crippen LogP contribution in [-0.4, -0.2) is 12.6 Å². The smallest absolute Gasteiger partial charge is 0.138 e. The number of rotatable bonds is 5. The summed E-state index contributed by atoms with van der Waals surface area (Å²) in [7, 11) is 0. The van der Waals surface area contributed by atoms with E-state index in [9.17, 15) is 0 Å². The standard InChI is InChI=1S/C17H26ClNO/c1-4-19-13(3)14-7-10-17(16(18)11-14)20-15-8-5-12(2)6-9-15/h7,10-13,15,19H,4-6,8-9H2,1-3H3. The molecule has 1 aromatic rings. The Morgan fingerprint density at radius 2 is 2.00 bits per heavy atom. The van der Waals surface area contributed by atoms with Gasteiger partial charge in [0.15, 0.2) is 0 Å². The van der Waals surface area contributed by atoms with Crippen molar-refractivity contribution in [2.45, 2.75) is 58.6 Å². The van der Waals surface area contributed by atoms with Gasteiger partial charge in [0.2, 0.25) is 0 Å². The second-order valence-corrected chi connectivity index (χ2v) is 6.38. The van der Waals surface area contributed by atoms with Crippen molar-refractivity contribution in [1.29, 1.82) is 0 Å². The zero-order valence-electron chi connectivity index (χ0n) is 12.8. The fourth-order valence-electron chi connectivity index (χ4n) is 2.83. The van der Waals surface area contributed by atoms with Crippen molar-refractivity contribution in [1.82, 2.24) is 5.32 Å². The molecule has 0 amide bonds. The van der Waals surface area contributed by atoms with Crippen LogP contribution in [0.4, 0.5) is 0 Å². The van der Waals surface area contributed by atoms with E-state index in [4.69, 9.17) is 16.3 Å². The third kappa shape index (κ3) is 4.13. The molecule has 20 heavy (non-hydrogen) atoms. The van der Waals surface area contributed by atoms with Gasteiger partial charge in [0.25, 0.3) is 0 Å². The Morgan fingerprint density at radius 3 is 2.60 bits per heavy atom. The van der Waals surface area contributed by atoms with Crippen molar-refractivity contribution in [2.24, 2.45) is 5.92 Å². The highest BCUT2D eigenvalue weighted by molar-refractivity contribution is 6.32. The number of halogens is 1. The van der Waals surface area contributed by atoms with E-state index in [1.165, 1.54) is 18.4 Å². The van der Waals surface area contributed by atoms with Gasteiger partial charge in [0.1, 0.15) is 5.75 Å². The van der Waals surface area contributed by atoms with Crippen LogP contribution in [0, 0.1) is 5.92 Å². The van der Waals surface area contributed by atoms with Crippen molar-refractivity contribution in [3.8, 4) is 5.75 Å². The molecule has 1 fully saturated rings. The van der Waals surface area contributed by atoms with E-state index in [0.29, 0.717) is 12.1 Å². The van der Waals surface area contributed by atoms with Crippen LogP contribution < -0.4 is 10.1 Å². The van der Waals surface area contributed by atoms with Gasteiger partial charge in [-0.05, 0) is 62.8 Å². The maximum Gasteiger partial charge on any atom is 0.138 e. The number of ether oxygens (including phenoxy) is 1. The van der Waals surface area contributed by atoms with Crippen molar-refractivity contribution < 1.29 is 4.74 Å². The molecule has 112 valence electrons. The third-order valence-corrected chi connectivity index (χ3v) is 4.52. The molecule has 0 heterocycles. The molecule has 0 radical (unpaired) electrons. The van der Waals surface area contributed by atoms with Gasteiger partial charge in [0, 0.05) is 6.04 Å². The predicted octanol–water partition coefficient (Wildman–Crippen LogP) is 4.97. The van der Waals surface area contributed by atoms with E-state index < -0.39 is 0 Å². The fraction of sp³-hybridized carbons (Fsp3) is 0.647. The molecule has 1 N–H and O–H groups in total. The first-order chi connectivity index (χ1) is 9.60. The summed E-state index contributed by atoms with van der Waals surface area (Å²) in [6.45, 7) is 7.54. The van der Waals surface area contributed by atoms with Crippen molar-refractivity contribution in [3.05, 3.63) is 28.8 Å². The van der Waals surface area contributed by atoms with Crippen molar-refractivity contribution >= 4 is 11.6 Å². The van der Waals surface area contributed by atoms with E-state index in [2.05, 4.69) is 32.2 Å². The summed E-state index contributed by atoms with van der Waals surface area (Å²) < 4.78 is 6.08. The molecular formula is C17H26ClNO. The Bertz CT molecular complexity index is 427. The molecule has 3 heteroatoms. The second kappa shape index (κ2) is 7.33. The number of hydrogen-bond donors (Lipinski definition) is 1. The minimum absolute atomic E-state index is 0.321. The van der Waals surface area contributed by atoms with Crippen LogP contribution in [0.25, 0.3) is 0 Å². The van der Waals surface area contributed by atoms with Crippen LogP contribution in [0.3, 0.4) is 0 Å². The zero-order valence-corrected chi connectivity index (χ0v) is 13.5. The molecule has 0 saturated heterocycles. The molecule has 0 spiro atoms. The van der Waals surface area contributed by atoms with Gasteiger partial charge in [0.05, 0.1) is 11.1 Å². The van der Waals surface area contributed by atoms with Gasteiger partial charge < -0.3 is 10.1 Å². The van der Waals surface area contributed by atoms with Crippen molar-refractivity contribution in [2.75, 3.05) is 6.54 Å². The predicted molar refractivity (Wildman–Crippen MR) is 85.6 cm³/mol. The van der Waals surface area contributed by atoms with Gasteiger partial charge in [-0.1, -0.05) is 31.5 Å². The van der Waals surface area contributed by atoms with Crippen molar-refractivity contribution in [3.63, 3.8) is 0 Å². The van der Waals surface area contributed by atoms with Gasteiger partial charge >= 0.3 is 0 Å². The highest BCUT2D eigenvalue weighted by Crippen LogP contribution is 2.32. The van der Waals surface area contributed by atoms with Gasteiger partial charge in [-0.2, -0.15) is 0 Å². The SMILES string of the molecule is CCNC(C)c1ccc(OC2CCC(C)CC2)c(Cl)c1. The van der Waals surface area contributed by atoms with Crippen LogP contribution in [0.1, 0.15) is 58.1 Å². The average molecular weight is 296 g/mol. The van der Waals surface area contributed by atoms with Crippen LogP contribution in [-0.2, 0) is 0 Å². The monoisotopic (exact) mass is 295 g/mol. The lowest BCUT2D eigenvalue weighted by molar-refractivity contribution is 0.135. The zero-order chi connectivity index (χ0) is 14.5. The second-order valence-electron chi connectivity index (χ2n) is 5.97. The summed E-state index contributed by atoms with van der Waals surface area (Å²) in [4.78, 5) is 0. The third-order valence-electron chi connectivity index (χ3n) is 4.22. The summed E-state index contributed by atoms with van der Waals surface area (Å²) >= 11 is 6.37. The van der Waals surface area contributed by atoms with E-state index >= 15 is 0 Å². The van der Waals surface area contributed by atoms with Crippen LogP contribution in [0.5, 0.6) is 5.75 Å². The Balaban J connectivity index is 1.99.